The van der Waals surface area contributed by atoms with Crippen molar-refractivity contribution in [2.45, 2.75) is 26.3 Å². The molecule has 2 aromatic carbocycles. The zero-order valence-electron chi connectivity index (χ0n) is 15.2. The number of benzene rings is 2. The number of anilines is 1. The summed E-state index contributed by atoms with van der Waals surface area (Å²) < 4.78 is 5.31. The lowest BCUT2D eigenvalue weighted by atomic mass is 10.1. The maximum atomic E-state index is 12.6. The number of amides is 2. The molecule has 2 amide bonds. The van der Waals surface area contributed by atoms with E-state index in [9.17, 15) is 9.59 Å². The number of carbonyl (C=O) groups excluding carboxylic acids is 2. The minimum atomic E-state index is -0.331. The van der Waals surface area contributed by atoms with E-state index in [0.29, 0.717) is 13.1 Å². The van der Waals surface area contributed by atoms with Gasteiger partial charge in [0.05, 0.1) is 13.0 Å². The molecule has 2 aromatic rings. The van der Waals surface area contributed by atoms with Crippen LogP contribution in [0.25, 0.3) is 0 Å². The molecular weight excluding hydrogens is 328 g/mol. The van der Waals surface area contributed by atoms with Crippen LogP contribution < -0.4 is 15.0 Å². The van der Waals surface area contributed by atoms with Gasteiger partial charge in [-0.3, -0.25) is 9.59 Å². The minimum absolute atomic E-state index is 0.00309. The summed E-state index contributed by atoms with van der Waals surface area (Å²) in [6, 6.07) is 15.5. The highest BCUT2D eigenvalue weighted by atomic mass is 16.5. The Hall–Kier alpha value is -2.82. The first-order chi connectivity index (χ1) is 12.6. The van der Waals surface area contributed by atoms with E-state index in [-0.39, 0.29) is 24.2 Å². The topological polar surface area (TPSA) is 58.6 Å². The first kappa shape index (κ1) is 18.0. The largest absolute Gasteiger partial charge is 0.496 e. The smallest absolute Gasteiger partial charge is 0.227 e. The molecule has 1 saturated heterocycles. The van der Waals surface area contributed by atoms with Crippen molar-refractivity contribution >= 4 is 17.5 Å². The number of ether oxygens (including phenoxy) is 1. The van der Waals surface area contributed by atoms with Crippen LogP contribution in [-0.4, -0.2) is 25.5 Å². The van der Waals surface area contributed by atoms with E-state index in [1.54, 1.807) is 12.0 Å². The molecule has 1 unspecified atom stereocenters. The molecule has 0 aromatic heterocycles. The molecule has 5 nitrogen and oxygen atoms in total. The van der Waals surface area contributed by atoms with Crippen LogP contribution in [0.2, 0.25) is 0 Å². The third-order valence-corrected chi connectivity index (χ3v) is 4.80. The number of para-hydroxylation sites is 2. The van der Waals surface area contributed by atoms with Crippen molar-refractivity contribution < 1.29 is 14.3 Å². The van der Waals surface area contributed by atoms with Gasteiger partial charge in [0, 0.05) is 30.8 Å². The number of nitrogens with zero attached hydrogens (tertiary/aromatic N) is 1. The quantitative estimate of drug-likeness (QED) is 0.870. The van der Waals surface area contributed by atoms with Crippen LogP contribution in [-0.2, 0) is 22.6 Å². The van der Waals surface area contributed by atoms with E-state index in [2.05, 4.69) is 12.2 Å². The van der Waals surface area contributed by atoms with E-state index < -0.39 is 0 Å². The maximum absolute atomic E-state index is 12.6. The van der Waals surface area contributed by atoms with Crippen molar-refractivity contribution in [1.29, 1.82) is 0 Å². The highest BCUT2D eigenvalue weighted by molar-refractivity contribution is 6.00. The van der Waals surface area contributed by atoms with Gasteiger partial charge in [0.15, 0.2) is 0 Å². The molecule has 0 bridgehead atoms. The number of hydrogen-bond donors (Lipinski definition) is 1. The summed E-state index contributed by atoms with van der Waals surface area (Å²) in [5, 5.41) is 2.94. The SMILES string of the molecule is CCc1ccccc1N1CC(C(=O)NCc2ccccc2OC)CC1=O. The zero-order chi connectivity index (χ0) is 18.5. The third kappa shape index (κ3) is 3.72. The van der Waals surface area contributed by atoms with Gasteiger partial charge in [-0.2, -0.15) is 0 Å². The molecule has 0 radical (unpaired) electrons. The molecule has 1 N–H and O–H groups in total. The molecule has 0 spiro atoms. The molecule has 1 aliphatic rings. The lowest BCUT2D eigenvalue weighted by molar-refractivity contribution is -0.126. The summed E-state index contributed by atoms with van der Waals surface area (Å²) >= 11 is 0. The number of methoxy groups -OCH3 is 1. The summed E-state index contributed by atoms with van der Waals surface area (Å²) in [6.07, 6.45) is 1.10. The predicted molar refractivity (Wildman–Crippen MR) is 101 cm³/mol. The molecular formula is C21H24N2O3. The minimum Gasteiger partial charge on any atom is -0.496 e. The Bertz CT molecular complexity index is 803. The lowest BCUT2D eigenvalue weighted by Crippen LogP contribution is -2.33. The Morgan fingerprint density at radius 3 is 2.58 bits per heavy atom. The first-order valence-corrected chi connectivity index (χ1v) is 8.92. The van der Waals surface area contributed by atoms with Gasteiger partial charge >= 0.3 is 0 Å². The molecule has 136 valence electrons. The molecule has 0 saturated carbocycles. The van der Waals surface area contributed by atoms with E-state index in [4.69, 9.17) is 4.74 Å². The maximum Gasteiger partial charge on any atom is 0.227 e. The van der Waals surface area contributed by atoms with Gasteiger partial charge in [-0.05, 0) is 24.1 Å². The van der Waals surface area contributed by atoms with Crippen molar-refractivity contribution in [2.24, 2.45) is 5.92 Å². The Kier molecular flexibility index (Phi) is 5.56. The second-order valence-corrected chi connectivity index (χ2v) is 6.42. The molecule has 1 heterocycles. The fraction of sp³-hybridized carbons (Fsp3) is 0.333. The number of aryl methyl sites for hydroxylation is 1. The zero-order valence-corrected chi connectivity index (χ0v) is 15.2. The summed E-state index contributed by atoms with van der Waals surface area (Å²) in [5.74, 6) is 0.319. The van der Waals surface area contributed by atoms with Crippen LogP contribution in [0.3, 0.4) is 0 Å². The molecule has 1 atom stereocenters. The first-order valence-electron chi connectivity index (χ1n) is 8.92. The second-order valence-electron chi connectivity index (χ2n) is 6.42. The van der Waals surface area contributed by atoms with Crippen LogP contribution in [0.1, 0.15) is 24.5 Å². The molecule has 26 heavy (non-hydrogen) atoms. The van der Waals surface area contributed by atoms with E-state index in [1.165, 1.54) is 0 Å². The van der Waals surface area contributed by atoms with Gasteiger partial charge in [0.1, 0.15) is 5.75 Å². The lowest BCUT2D eigenvalue weighted by Gasteiger charge is -2.20. The summed E-state index contributed by atoms with van der Waals surface area (Å²) in [7, 11) is 1.61. The van der Waals surface area contributed by atoms with Gasteiger partial charge in [0.25, 0.3) is 0 Å². The van der Waals surface area contributed by atoms with E-state index >= 15 is 0 Å². The average Bonchev–Trinajstić information content (AvgIpc) is 3.07. The summed E-state index contributed by atoms with van der Waals surface area (Å²) in [5.41, 5.74) is 2.96. The van der Waals surface area contributed by atoms with Gasteiger partial charge in [-0.15, -0.1) is 0 Å². The number of carbonyl (C=O) groups is 2. The summed E-state index contributed by atoms with van der Waals surface area (Å²) in [4.78, 5) is 26.8. The molecule has 3 rings (SSSR count). The molecule has 1 aliphatic heterocycles. The molecule has 0 aliphatic carbocycles. The number of hydrogen-bond acceptors (Lipinski definition) is 3. The van der Waals surface area contributed by atoms with Crippen LogP contribution in [0, 0.1) is 5.92 Å². The number of nitrogens with one attached hydrogen (secondary N) is 1. The highest BCUT2D eigenvalue weighted by Crippen LogP contribution is 2.28. The van der Waals surface area contributed by atoms with Crippen LogP contribution in [0.5, 0.6) is 5.75 Å². The Balaban J connectivity index is 1.65. The van der Waals surface area contributed by atoms with Crippen molar-refractivity contribution in [3.63, 3.8) is 0 Å². The monoisotopic (exact) mass is 352 g/mol. The molecule has 1 fully saturated rings. The van der Waals surface area contributed by atoms with Gasteiger partial charge in [-0.25, -0.2) is 0 Å². The van der Waals surface area contributed by atoms with E-state index in [1.807, 2.05) is 48.5 Å². The standard InChI is InChI=1S/C21H24N2O3/c1-3-15-8-4-6-10-18(15)23-14-17(12-20(23)24)21(25)22-13-16-9-5-7-11-19(16)26-2/h4-11,17H,3,12-14H2,1-2H3,(H,22,25). The van der Waals surface area contributed by atoms with Crippen LogP contribution >= 0.6 is 0 Å². The highest BCUT2D eigenvalue weighted by Gasteiger charge is 2.35. The predicted octanol–water partition coefficient (Wildman–Crippen LogP) is 2.93. The van der Waals surface area contributed by atoms with Crippen molar-refractivity contribution in [1.82, 2.24) is 5.32 Å². The fourth-order valence-corrected chi connectivity index (χ4v) is 3.36. The Labute approximate surface area is 154 Å². The Morgan fingerprint density at radius 2 is 1.85 bits per heavy atom. The fourth-order valence-electron chi connectivity index (χ4n) is 3.36. The van der Waals surface area contributed by atoms with Crippen molar-refractivity contribution in [3.8, 4) is 5.75 Å². The summed E-state index contributed by atoms with van der Waals surface area (Å²) in [6.45, 7) is 2.88. The normalized spacial score (nSPS) is 16.6. The van der Waals surface area contributed by atoms with Crippen molar-refractivity contribution in [3.05, 3.63) is 59.7 Å². The number of rotatable bonds is 6. The van der Waals surface area contributed by atoms with Crippen LogP contribution in [0.15, 0.2) is 48.5 Å². The Morgan fingerprint density at radius 1 is 1.15 bits per heavy atom. The molecule has 5 heteroatoms. The van der Waals surface area contributed by atoms with Gasteiger partial charge < -0.3 is 15.0 Å². The van der Waals surface area contributed by atoms with Gasteiger partial charge in [-0.1, -0.05) is 43.3 Å². The van der Waals surface area contributed by atoms with Crippen LogP contribution in [0.4, 0.5) is 5.69 Å². The van der Waals surface area contributed by atoms with E-state index in [0.717, 1.165) is 29.0 Å². The third-order valence-electron chi connectivity index (χ3n) is 4.80. The average molecular weight is 352 g/mol. The van der Waals surface area contributed by atoms with Gasteiger partial charge in [0.2, 0.25) is 11.8 Å². The second kappa shape index (κ2) is 8.04. The van der Waals surface area contributed by atoms with Crippen molar-refractivity contribution in [2.75, 3.05) is 18.6 Å².